The first kappa shape index (κ1) is 19.4. The quantitative estimate of drug-likeness (QED) is 0.363. The largest absolute Gasteiger partial charge is 0.550 e. The highest BCUT2D eigenvalue weighted by molar-refractivity contribution is 5.64. The minimum atomic E-state index is -0.931. The molecule has 0 atom stereocenters. The van der Waals surface area contributed by atoms with Crippen LogP contribution in [-0.4, -0.2) is 37.6 Å². The topological polar surface area (TPSA) is 40.1 Å². The number of carbonyl (C=O) groups excluding carboxylic acids is 1. The van der Waals surface area contributed by atoms with Gasteiger partial charge in [0.2, 0.25) is 0 Å². The zero-order valence-corrected chi connectivity index (χ0v) is 14.0. The number of carboxylic acids is 1. The maximum absolute atomic E-state index is 10.5. The van der Waals surface area contributed by atoms with Crippen molar-refractivity contribution in [2.24, 2.45) is 0 Å². The number of aliphatic carboxylic acids is 1. The molecular formula is C17H35NO2. The first-order chi connectivity index (χ1) is 9.48. The average molecular weight is 285 g/mol. The highest BCUT2D eigenvalue weighted by atomic mass is 16.4. The molecule has 20 heavy (non-hydrogen) atoms. The molecule has 0 aliphatic rings. The molecule has 0 aliphatic heterocycles. The Labute approximate surface area is 126 Å². The van der Waals surface area contributed by atoms with Crippen LogP contribution in [0.3, 0.4) is 0 Å². The van der Waals surface area contributed by atoms with Crippen molar-refractivity contribution in [2.45, 2.75) is 77.6 Å². The van der Waals surface area contributed by atoms with Gasteiger partial charge in [-0.25, -0.2) is 0 Å². The fourth-order valence-corrected chi connectivity index (χ4v) is 2.53. The summed E-state index contributed by atoms with van der Waals surface area (Å²) in [7, 11) is 4.22. The van der Waals surface area contributed by atoms with E-state index in [-0.39, 0.29) is 6.42 Å². The first-order valence-electron chi connectivity index (χ1n) is 8.50. The molecule has 0 aliphatic carbocycles. The Morgan fingerprint density at radius 1 is 0.800 bits per heavy atom. The fraction of sp³-hybridized carbons (Fsp3) is 0.941. The van der Waals surface area contributed by atoms with E-state index < -0.39 is 5.97 Å². The molecule has 0 N–H and O–H groups in total. The zero-order chi connectivity index (χ0) is 15.3. The third-order valence-electron chi connectivity index (χ3n) is 4.04. The fourth-order valence-electron chi connectivity index (χ4n) is 2.53. The van der Waals surface area contributed by atoms with Crippen molar-refractivity contribution >= 4 is 5.97 Å². The van der Waals surface area contributed by atoms with Crippen LogP contribution in [0.25, 0.3) is 0 Å². The third-order valence-corrected chi connectivity index (χ3v) is 4.04. The van der Waals surface area contributed by atoms with E-state index in [4.69, 9.17) is 0 Å². The van der Waals surface area contributed by atoms with E-state index in [2.05, 4.69) is 21.0 Å². The van der Waals surface area contributed by atoms with Crippen molar-refractivity contribution in [3.63, 3.8) is 0 Å². The summed E-state index contributed by atoms with van der Waals surface area (Å²) in [6, 6.07) is 0. The monoisotopic (exact) mass is 285 g/mol. The smallest absolute Gasteiger partial charge is 0.0835 e. The number of unbranched alkanes of at least 4 members (excludes halogenated alkanes) is 9. The summed E-state index contributed by atoms with van der Waals surface area (Å²) >= 11 is 0. The molecule has 0 unspecified atom stereocenters. The van der Waals surface area contributed by atoms with Crippen LogP contribution in [-0.2, 0) is 4.79 Å². The van der Waals surface area contributed by atoms with Gasteiger partial charge in [0.1, 0.15) is 0 Å². The predicted octanol–water partition coefficient (Wildman–Crippen LogP) is 3.12. The number of nitrogens with zero attached hydrogens (tertiary/aromatic N) is 1. The lowest BCUT2D eigenvalue weighted by Crippen LogP contribution is -2.43. The summed E-state index contributed by atoms with van der Waals surface area (Å²) in [5.41, 5.74) is 0. The number of carboxylic acid groups (broad SMARTS) is 1. The Morgan fingerprint density at radius 2 is 1.25 bits per heavy atom. The van der Waals surface area contributed by atoms with Crippen LogP contribution >= 0.6 is 0 Å². The summed E-state index contributed by atoms with van der Waals surface area (Å²) in [6.45, 7) is 4.01. The van der Waals surface area contributed by atoms with Crippen molar-refractivity contribution in [1.82, 2.24) is 0 Å². The van der Waals surface area contributed by atoms with E-state index in [1.54, 1.807) is 0 Å². The van der Waals surface area contributed by atoms with Gasteiger partial charge >= 0.3 is 0 Å². The molecule has 0 bridgehead atoms. The summed E-state index contributed by atoms with van der Waals surface area (Å²) in [6.07, 6.45) is 13.6. The van der Waals surface area contributed by atoms with Crippen molar-refractivity contribution in [2.75, 3.05) is 27.2 Å². The lowest BCUT2D eigenvalue weighted by Gasteiger charge is -2.30. The molecule has 0 saturated heterocycles. The van der Waals surface area contributed by atoms with E-state index in [1.165, 1.54) is 64.2 Å². The van der Waals surface area contributed by atoms with E-state index in [9.17, 15) is 9.90 Å². The molecule has 0 aromatic rings. The van der Waals surface area contributed by atoms with Gasteiger partial charge in [-0.2, -0.15) is 0 Å². The molecule has 0 rings (SSSR count). The maximum Gasteiger partial charge on any atom is 0.0835 e. The van der Waals surface area contributed by atoms with Crippen molar-refractivity contribution in [1.29, 1.82) is 0 Å². The number of hydrogen-bond donors (Lipinski definition) is 0. The lowest BCUT2D eigenvalue weighted by atomic mass is 10.1. The van der Waals surface area contributed by atoms with Gasteiger partial charge in [0.25, 0.3) is 0 Å². The molecular weight excluding hydrogens is 250 g/mol. The second-order valence-electron chi connectivity index (χ2n) is 6.69. The number of hydrogen-bond acceptors (Lipinski definition) is 2. The van der Waals surface area contributed by atoms with Crippen molar-refractivity contribution < 1.29 is 14.4 Å². The van der Waals surface area contributed by atoms with Gasteiger partial charge in [-0.3, -0.25) is 0 Å². The molecule has 0 aromatic carbocycles. The summed E-state index contributed by atoms with van der Waals surface area (Å²) in [5, 5.41) is 10.5. The molecule has 0 saturated carbocycles. The minimum Gasteiger partial charge on any atom is -0.550 e. The SMILES string of the molecule is CCCCCCCCCCCC[N+](C)(C)CCC(=O)[O-]. The average Bonchev–Trinajstić information content (AvgIpc) is 2.39. The number of carbonyl (C=O) groups is 1. The lowest BCUT2D eigenvalue weighted by molar-refractivity contribution is -0.890. The Morgan fingerprint density at radius 3 is 1.70 bits per heavy atom. The summed E-state index contributed by atoms with van der Waals surface area (Å²) < 4.78 is 0.797. The van der Waals surface area contributed by atoms with Gasteiger partial charge in [-0.05, 0) is 12.8 Å². The predicted molar refractivity (Wildman–Crippen MR) is 83.3 cm³/mol. The van der Waals surface area contributed by atoms with Crippen LogP contribution in [0, 0.1) is 0 Å². The number of quaternary nitrogens is 1. The van der Waals surface area contributed by atoms with E-state index in [0.717, 1.165) is 11.0 Å². The van der Waals surface area contributed by atoms with Crippen LogP contribution in [0.1, 0.15) is 77.6 Å². The minimum absolute atomic E-state index is 0.171. The van der Waals surface area contributed by atoms with Crippen LogP contribution in [0.5, 0.6) is 0 Å². The third kappa shape index (κ3) is 13.9. The van der Waals surface area contributed by atoms with Gasteiger partial charge in [-0.15, -0.1) is 0 Å². The highest BCUT2D eigenvalue weighted by Gasteiger charge is 2.13. The molecule has 0 radical (unpaired) electrons. The van der Waals surface area contributed by atoms with Crippen molar-refractivity contribution in [3.8, 4) is 0 Å². The van der Waals surface area contributed by atoms with Crippen LogP contribution in [0.4, 0.5) is 0 Å². The van der Waals surface area contributed by atoms with Crippen LogP contribution in [0.15, 0.2) is 0 Å². The molecule has 0 fully saturated rings. The molecule has 0 aromatic heterocycles. The van der Waals surface area contributed by atoms with E-state index in [0.29, 0.717) is 6.54 Å². The van der Waals surface area contributed by atoms with Gasteiger partial charge in [0.05, 0.1) is 27.2 Å². The Bertz CT molecular complexity index is 239. The zero-order valence-electron chi connectivity index (χ0n) is 14.0. The Balaban J connectivity index is 3.32. The molecule has 0 spiro atoms. The van der Waals surface area contributed by atoms with Gasteiger partial charge < -0.3 is 14.4 Å². The number of rotatable bonds is 14. The highest BCUT2D eigenvalue weighted by Crippen LogP contribution is 2.11. The van der Waals surface area contributed by atoms with Crippen LogP contribution < -0.4 is 5.11 Å². The normalized spacial score (nSPS) is 11.8. The second kappa shape index (κ2) is 12.2. The van der Waals surface area contributed by atoms with Gasteiger partial charge in [0.15, 0.2) is 0 Å². The molecule has 120 valence electrons. The van der Waals surface area contributed by atoms with Gasteiger partial charge in [0, 0.05) is 12.4 Å². The van der Waals surface area contributed by atoms with Crippen molar-refractivity contribution in [3.05, 3.63) is 0 Å². The van der Waals surface area contributed by atoms with E-state index in [1.807, 2.05) is 0 Å². The van der Waals surface area contributed by atoms with Crippen LogP contribution in [0.2, 0.25) is 0 Å². The molecule has 0 heterocycles. The summed E-state index contributed by atoms with van der Waals surface area (Å²) in [4.78, 5) is 10.5. The van der Waals surface area contributed by atoms with E-state index >= 15 is 0 Å². The molecule has 0 amide bonds. The first-order valence-corrected chi connectivity index (χ1v) is 8.50. The Kier molecular flexibility index (Phi) is 11.8. The molecule has 3 nitrogen and oxygen atoms in total. The van der Waals surface area contributed by atoms with Gasteiger partial charge in [-0.1, -0.05) is 58.3 Å². The standard InChI is InChI=1S/C17H35NO2/c1-4-5-6-7-8-9-10-11-12-13-15-18(2,3)16-14-17(19)20/h4-16H2,1-3H3. The second-order valence-corrected chi connectivity index (χ2v) is 6.69. The Hall–Kier alpha value is -0.570. The maximum atomic E-state index is 10.5. The summed E-state index contributed by atoms with van der Waals surface area (Å²) in [5.74, 6) is -0.931. The molecule has 3 heteroatoms.